The van der Waals surface area contributed by atoms with Gasteiger partial charge in [0.2, 0.25) is 0 Å². The predicted molar refractivity (Wildman–Crippen MR) is 93.9 cm³/mol. The topological polar surface area (TPSA) is 46.9 Å². The third-order valence-electron chi connectivity index (χ3n) is 5.50. The molecule has 0 bridgehead atoms. The zero-order valence-electron chi connectivity index (χ0n) is 14.4. The molecule has 4 rings (SSSR count). The van der Waals surface area contributed by atoms with Gasteiger partial charge in [0.25, 0.3) is 5.91 Å². The molecule has 0 spiro atoms. The van der Waals surface area contributed by atoms with Crippen LogP contribution in [0.1, 0.15) is 71.9 Å². The van der Waals surface area contributed by atoms with Crippen molar-refractivity contribution >= 4 is 5.91 Å². The van der Waals surface area contributed by atoms with Crippen LogP contribution in [-0.4, -0.2) is 15.7 Å². The summed E-state index contributed by atoms with van der Waals surface area (Å²) in [6.45, 7) is 0.370. The van der Waals surface area contributed by atoms with E-state index in [4.69, 9.17) is 5.10 Å². The molecule has 2 aliphatic carbocycles. The average molecular weight is 341 g/mol. The lowest BCUT2D eigenvalue weighted by atomic mass is 9.95. The second-order valence-electron chi connectivity index (χ2n) is 7.12. The van der Waals surface area contributed by atoms with E-state index in [-0.39, 0.29) is 11.5 Å². The Morgan fingerprint density at radius 1 is 1.16 bits per heavy atom. The molecular formula is C20H24FN3O. The molecule has 0 aliphatic heterocycles. The van der Waals surface area contributed by atoms with E-state index in [0.717, 1.165) is 18.5 Å². The number of halogens is 1. The van der Waals surface area contributed by atoms with Crippen molar-refractivity contribution in [3.8, 4) is 0 Å². The van der Waals surface area contributed by atoms with Crippen LogP contribution in [0, 0.1) is 5.82 Å². The zero-order valence-corrected chi connectivity index (χ0v) is 14.4. The fraction of sp³-hybridized carbons (Fsp3) is 0.500. The fourth-order valence-electron chi connectivity index (χ4n) is 4.20. The highest BCUT2D eigenvalue weighted by Crippen LogP contribution is 2.34. The molecule has 0 atom stereocenters. The Hall–Kier alpha value is -2.17. The molecule has 1 heterocycles. The van der Waals surface area contributed by atoms with Gasteiger partial charge in [-0.1, -0.05) is 25.0 Å². The van der Waals surface area contributed by atoms with Crippen LogP contribution >= 0.6 is 0 Å². The number of hydrogen-bond acceptors (Lipinski definition) is 2. The van der Waals surface area contributed by atoms with Crippen LogP contribution in [0.2, 0.25) is 0 Å². The van der Waals surface area contributed by atoms with Gasteiger partial charge in [-0.3, -0.25) is 9.48 Å². The lowest BCUT2D eigenvalue weighted by Crippen LogP contribution is -2.24. The second-order valence-corrected chi connectivity index (χ2v) is 7.12. The molecule has 1 aromatic heterocycles. The van der Waals surface area contributed by atoms with Crippen molar-refractivity contribution < 1.29 is 9.18 Å². The van der Waals surface area contributed by atoms with Crippen LogP contribution in [0.4, 0.5) is 4.39 Å². The third kappa shape index (κ3) is 3.20. The molecule has 0 radical (unpaired) electrons. The van der Waals surface area contributed by atoms with Gasteiger partial charge in [0.05, 0.1) is 23.8 Å². The number of benzene rings is 1. The molecular weight excluding hydrogens is 317 g/mol. The van der Waals surface area contributed by atoms with E-state index >= 15 is 0 Å². The maximum atomic E-state index is 13.8. The van der Waals surface area contributed by atoms with E-state index in [1.54, 1.807) is 12.1 Å². The van der Waals surface area contributed by atoms with Crippen molar-refractivity contribution in [2.75, 3.05) is 0 Å². The number of carbonyl (C=O) groups excluding carboxylic acids is 1. The van der Waals surface area contributed by atoms with E-state index in [2.05, 4.69) is 10.00 Å². The number of fused-ring (bicyclic) bond motifs is 1. The van der Waals surface area contributed by atoms with E-state index in [1.165, 1.54) is 61.9 Å². The lowest BCUT2D eigenvalue weighted by molar-refractivity contribution is 0.0946. The van der Waals surface area contributed by atoms with Crippen LogP contribution in [0.15, 0.2) is 24.3 Å². The zero-order chi connectivity index (χ0) is 17.2. The van der Waals surface area contributed by atoms with E-state index in [1.807, 2.05) is 0 Å². The Morgan fingerprint density at radius 2 is 1.92 bits per heavy atom. The van der Waals surface area contributed by atoms with Gasteiger partial charge >= 0.3 is 0 Å². The highest BCUT2D eigenvalue weighted by Gasteiger charge is 2.26. The summed E-state index contributed by atoms with van der Waals surface area (Å²) in [5.41, 5.74) is 3.73. The van der Waals surface area contributed by atoms with Gasteiger partial charge in [0.1, 0.15) is 5.82 Å². The molecule has 4 nitrogen and oxygen atoms in total. The van der Waals surface area contributed by atoms with Gasteiger partial charge in [0, 0.05) is 5.69 Å². The minimum atomic E-state index is -0.487. The van der Waals surface area contributed by atoms with Gasteiger partial charge in [0.15, 0.2) is 0 Å². The highest BCUT2D eigenvalue weighted by atomic mass is 19.1. The largest absolute Gasteiger partial charge is 0.346 e. The summed E-state index contributed by atoms with van der Waals surface area (Å²) < 4.78 is 16.0. The molecule has 1 saturated carbocycles. The second kappa shape index (κ2) is 6.98. The molecule has 1 fully saturated rings. The molecule has 0 saturated heterocycles. The van der Waals surface area contributed by atoms with Crippen molar-refractivity contribution in [2.45, 2.75) is 64.0 Å². The Labute approximate surface area is 147 Å². The normalized spacial score (nSPS) is 17.5. The van der Waals surface area contributed by atoms with Crippen LogP contribution in [0.3, 0.4) is 0 Å². The van der Waals surface area contributed by atoms with E-state index < -0.39 is 5.82 Å². The Morgan fingerprint density at radius 3 is 2.72 bits per heavy atom. The summed E-state index contributed by atoms with van der Waals surface area (Å²) in [6.07, 6.45) is 9.47. The number of nitrogens with zero attached hydrogens (tertiary/aromatic N) is 2. The first kappa shape index (κ1) is 16.3. The molecule has 25 heavy (non-hydrogen) atoms. The standard InChI is InChI=1S/C20H24FN3O/c21-17-11-5-3-9-15(17)20(25)22-13-18-16-10-4-6-12-19(16)24(23-18)14-7-1-2-8-14/h3,5,9,11,14H,1-2,4,6-8,10,12-13H2,(H,22,25). The lowest BCUT2D eigenvalue weighted by Gasteiger charge is -2.18. The molecule has 132 valence electrons. The predicted octanol–water partition coefficient (Wildman–Crippen LogP) is 3.95. The summed E-state index contributed by atoms with van der Waals surface area (Å²) in [5, 5.41) is 7.73. The number of rotatable bonds is 4. The number of amides is 1. The van der Waals surface area contributed by atoms with Crippen molar-refractivity contribution in [1.29, 1.82) is 0 Å². The van der Waals surface area contributed by atoms with E-state index in [9.17, 15) is 9.18 Å². The molecule has 2 aliphatic rings. The van der Waals surface area contributed by atoms with E-state index in [0.29, 0.717) is 12.6 Å². The van der Waals surface area contributed by atoms with Crippen molar-refractivity contribution in [2.24, 2.45) is 0 Å². The van der Waals surface area contributed by atoms with Gasteiger partial charge in [-0.05, 0) is 56.2 Å². The van der Waals surface area contributed by atoms with Crippen molar-refractivity contribution in [3.63, 3.8) is 0 Å². The van der Waals surface area contributed by atoms with Crippen molar-refractivity contribution in [1.82, 2.24) is 15.1 Å². The molecule has 0 unspecified atom stereocenters. The molecule has 1 N–H and O–H groups in total. The maximum Gasteiger partial charge on any atom is 0.254 e. The summed E-state index contributed by atoms with van der Waals surface area (Å²) in [7, 11) is 0. The van der Waals surface area contributed by atoms with Crippen LogP contribution in [-0.2, 0) is 19.4 Å². The summed E-state index contributed by atoms with van der Waals surface area (Å²) >= 11 is 0. The number of nitrogens with one attached hydrogen (secondary N) is 1. The Balaban J connectivity index is 1.54. The number of carbonyl (C=O) groups is 1. The summed E-state index contributed by atoms with van der Waals surface area (Å²) in [4.78, 5) is 12.3. The highest BCUT2D eigenvalue weighted by molar-refractivity contribution is 5.94. The van der Waals surface area contributed by atoms with Gasteiger partial charge in [-0.15, -0.1) is 0 Å². The average Bonchev–Trinajstić information content (AvgIpc) is 3.28. The number of aromatic nitrogens is 2. The smallest absolute Gasteiger partial charge is 0.254 e. The van der Waals surface area contributed by atoms with Gasteiger partial charge < -0.3 is 5.32 Å². The molecule has 5 heteroatoms. The van der Waals surface area contributed by atoms with Gasteiger partial charge in [-0.2, -0.15) is 5.10 Å². The third-order valence-corrected chi connectivity index (χ3v) is 5.50. The quantitative estimate of drug-likeness (QED) is 0.915. The monoisotopic (exact) mass is 341 g/mol. The fourth-order valence-corrected chi connectivity index (χ4v) is 4.20. The van der Waals surface area contributed by atoms with Crippen LogP contribution < -0.4 is 5.32 Å². The first-order valence-electron chi connectivity index (χ1n) is 9.36. The maximum absolute atomic E-state index is 13.8. The SMILES string of the molecule is O=C(NCc1nn(C2CCCC2)c2c1CCCC2)c1ccccc1F. The van der Waals surface area contributed by atoms with Crippen LogP contribution in [0.25, 0.3) is 0 Å². The number of hydrogen-bond donors (Lipinski definition) is 1. The molecule has 1 aromatic carbocycles. The summed E-state index contributed by atoms with van der Waals surface area (Å²) in [5.74, 6) is -0.864. The van der Waals surface area contributed by atoms with Crippen LogP contribution in [0.5, 0.6) is 0 Å². The minimum Gasteiger partial charge on any atom is -0.346 e. The first-order valence-corrected chi connectivity index (χ1v) is 9.36. The molecule has 1 amide bonds. The Bertz CT molecular complexity index is 777. The van der Waals surface area contributed by atoms with Crippen molar-refractivity contribution in [3.05, 3.63) is 52.6 Å². The van der Waals surface area contributed by atoms with Gasteiger partial charge in [-0.25, -0.2) is 4.39 Å². The Kier molecular flexibility index (Phi) is 4.55. The molecule has 2 aromatic rings. The minimum absolute atomic E-state index is 0.0894. The first-order chi connectivity index (χ1) is 12.2. The summed E-state index contributed by atoms with van der Waals surface area (Å²) in [6, 6.07) is 6.60.